The van der Waals surface area contributed by atoms with Crippen LogP contribution in [0.15, 0.2) is 54.6 Å². The molecule has 0 aliphatic rings. The molecule has 0 saturated heterocycles. The van der Waals surface area contributed by atoms with E-state index in [1.807, 2.05) is 19.9 Å². The number of nitrogens with one attached hydrogen (secondary N) is 2. The summed E-state index contributed by atoms with van der Waals surface area (Å²) in [7, 11) is 1.31. The molecular formula is C21H24N2O4. The van der Waals surface area contributed by atoms with Crippen LogP contribution in [0.25, 0.3) is 0 Å². The van der Waals surface area contributed by atoms with E-state index in [1.54, 1.807) is 48.5 Å². The van der Waals surface area contributed by atoms with Gasteiger partial charge in [0.05, 0.1) is 12.7 Å². The zero-order valence-corrected chi connectivity index (χ0v) is 15.7. The van der Waals surface area contributed by atoms with E-state index in [9.17, 15) is 14.4 Å². The molecule has 0 aliphatic carbocycles. The molecular weight excluding hydrogens is 344 g/mol. The summed E-state index contributed by atoms with van der Waals surface area (Å²) in [5.41, 5.74) is 1.43. The van der Waals surface area contributed by atoms with Crippen LogP contribution in [0.3, 0.4) is 0 Å². The van der Waals surface area contributed by atoms with Crippen LogP contribution >= 0.6 is 0 Å². The quantitative estimate of drug-likeness (QED) is 0.735. The van der Waals surface area contributed by atoms with Crippen molar-refractivity contribution in [2.45, 2.75) is 26.3 Å². The molecule has 2 atom stereocenters. The van der Waals surface area contributed by atoms with Crippen molar-refractivity contribution in [2.75, 3.05) is 12.4 Å². The van der Waals surface area contributed by atoms with Gasteiger partial charge in [0.25, 0.3) is 5.91 Å². The van der Waals surface area contributed by atoms with E-state index in [0.29, 0.717) is 16.8 Å². The number of rotatable bonds is 7. The molecule has 0 aromatic heterocycles. The summed E-state index contributed by atoms with van der Waals surface area (Å²) in [6.45, 7) is 3.88. The first-order valence-corrected chi connectivity index (χ1v) is 8.81. The summed E-state index contributed by atoms with van der Waals surface area (Å²) in [5.74, 6) is -1.09. The highest BCUT2D eigenvalue weighted by molar-refractivity contribution is 6.01. The third-order valence-corrected chi connectivity index (χ3v) is 4.39. The molecule has 2 N–H and O–H groups in total. The minimum Gasteiger partial charge on any atom is -0.465 e. The Morgan fingerprint density at radius 2 is 1.59 bits per heavy atom. The standard InChI is InChI=1S/C21H24N2O4/c1-4-14(2)18(23-19(24)15-8-6-5-7-9-15)20(25)22-17-12-10-16(11-13-17)21(26)27-3/h5-14,18H,4H2,1-3H3,(H,22,25)(H,23,24). The third-order valence-electron chi connectivity index (χ3n) is 4.39. The van der Waals surface area contributed by atoms with Gasteiger partial charge in [0.2, 0.25) is 5.91 Å². The van der Waals surface area contributed by atoms with Gasteiger partial charge in [0, 0.05) is 11.3 Å². The minimum atomic E-state index is -0.678. The summed E-state index contributed by atoms with van der Waals surface area (Å²) >= 11 is 0. The van der Waals surface area contributed by atoms with Crippen molar-refractivity contribution in [2.24, 2.45) is 5.92 Å². The van der Waals surface area contributed by atoms with Crippen molar-refractivity contribution in [3.63, 3.8) is 0 Å². The summed E-state index contributed by atoms with van der Waals surface area (Å²) in [4.78, 5) is 36.7. The van der Waals surface area contributed by atoms with Crippen molar-refractivity contribution >= 4 is 23.5 Å². The smallest absolute Gasteiger partial charge is 0.337 e. The lowest BCUT2D eigenvalue weighted by Crippen LogP contribution is -2.47. The van der Waals surface area contributed by atoms with E-state index >= 15 is 0 Å². The highest BCUT2D eigenvalue weighted by Crippen LogP contribution is 2.15. The van der Waals surface area contributed by atoms with E-state index < -0.39 is 12.0 Å². The molecule has 2 amide bonds. The Bertz CT molecular complexity index is 788. The predicted molar refractivity (Wildman–Crippen MR) is 104 cm³/mol. The van der Waals surface area contributed by atoms with Crippen LogP contribution in [0.2, 0.25) is 0 Å². The molecule has 27 heavy (non-hydrogen) atoms. The van der Waals surface area contributed by atoms with Crippen LogP contribution in [0.4, 0.5) is 5.69 Å². The fourth-order valence-electron chi connectivity index (χ4n) is 2.54. The Balaban J connectivity index is 2.10. The van der Waals surface area contributed by atoms with Gasteiger partial charge in [-0.1, -0.05) is 38.5 Å². The Labute approximate surface area is 158 Å². The number of hydrogen-bond donors (Lipinski definition) is 2. The van der Waals surface area contributed by atoms with Crippen LogP contribution in [0, 0.1) is 5.92 Å². The molecule has 0 bridgehead atoms. The normalized spacial score (nSPS) is 12.6. The Hall–Kier alpha value is -3.15. The number of methoxy groups -OCH3 is 1. The second-order valence-corrected chi connectivity index (χ2v) is 6.26. The molecule has 0 spiro atoms. The highest BCUT2D eigenvalue weighted by atomic mass is 16.5. The van der Waals surface area contributed by atoms with Gasteiger partial charge in [-0.15, -0.1) is 0 Å². The lowest BCUT2D eigenvalue weighted by Gasteiger charge is -2.23. The zero-order chi connectivity index (χ0) is 19.8. The Morgan fingerprint density at radius 1 is 0.963 bits per heavy atom. The number of carbonyl (C=O) groups is 3. The van der Waals surface area contributed by atoms with Gasteiger partial charge >= 0.3 is 5.97 Å². The first kappa shape index (κ1) is 20.2. The van der Waals surface area contributed by atoms with Gasteiger partial charge in [-0.05, 0) is 42.3 Å². The molecule has 0 fully saturated rings. The molecule has 0 radical (unpaired) electrons. The number of anilines is 1. The molecule has 2 aromatic carbocycles. The maximum absolute atomic E-state index is 12.7. The minimum absolute atomic E-state index is 0.0491. The van der Waals surface area contributed by atoms with Crippen molar-refractivity contribution < 1.29 is 19.1 Å². The average Bonchev–Trinajstić information content (AvgIpc) is 2.71. The van der Waals surface area contributed by atoms with Gasteiger partial charge < -0.3 is 15.4 Å². The lowest BCUT2D eigenvalue weighted by atomic mass is 9.97. The van der Waals surface area contributed by atoms with Gasteiger partial charge in [-0.25, -0.2) is 4.79 Å². The summed E-state index contributed by atoms with van der Waals surface area (Å²) in [5, 5.41) is 5.61. The molecule has 0 saturated carbocycles. The first-order chi connectivity index (χ1) is 13.0. The highest BCUT2D eigenvalue weighted by Gasteiger charge is 2.26. The predicted octanol–water partition coefficient (Wildman–Crippen LogP) is 3.26. The van der Waals surface area contributed by atoms with E-state index in [-0.39, 0.29) is 17.7 Å². The molecule has 2 rings (SSSR count). The summed E-state index contributed by atoms with van der Waals surface area (Å²) in [6, 6.07) is 14.5. The van der Waals surface area contributed by atoms with Gasteiger partial charge in [0.1, 0.15) is 6.04 Å². The first-order valence-electron chi connectivity index (χ1n) is 8.81. The molecule has 0 heterocycles. The summed E-state index contributed by atoms with van der Waals surface area (Å²) in [6.07, 6.45) is 0.731. The number of esters is 1. The van der Waals surface area contributed by atoms with Crippen molar-refractivity contribution in [1.29, 1.82) is 0 Å². The van der Waals surface area contributed by atoms with Crippen LogP contribution in [0.5, 0.6) is 0 Å². The molecule has 0 aliphatic heterocycles. The van der Waals surface area contributed by atoms with E-state index in [1.165, 1.54) is 7.11 Å². The van der Waals surface area contributed by atoms with Crippen molar-refractivity contribution in [1.82, 2.24) is 5.32 Å². The molecule has 6 nitrogen and oxygen atoms in total. The second-order valence-electron chi connectivity index (χ2n) is 6.26. The van der Waals surface area contributed by atoms with Crippen molar-refractivity contribution in [3.8, 4) is 0 Å². The molecule has 2 unspecified atom stereocenters. The molecule has 142 valence electrons. The van der Waals surface area contributed by atoms with Gasteiger partial charge in [-0.3, -0.25) is 9.59 Å². The van der Waals surface area contributed by atoms with Crippen LogP contribution in [-0.4, -0.2) is 30.9 Å². The zero-order valence-electron chi connectivity index (χ0n) is 15.7. The Kier molecular flexibility index (Phi) is 7.11. The number of benzene rings is 2. The Morgan fingerprint density at radius 3 is 2.15 bits per heavy atom. The lowest BCUT2D eigenvalue weighted by molar-refractivity contribution is -0.119. The van der Waals surface area contributed by atoms with Crippen LogP contribution < -0.4 is 10.6 Å². The maximum Gasteiger partial charge on any atom is 0.337 e. The van der Waals surface area contributed by atoms with Crippen LogP contribution in [0.1, 0.15) is 41.0 Å². The topological polar surface area (TPSA) is 84.5 Å². The molecule has 6 heteroatoms. The SMILES string of the molecule is CCC(C)C(NC(=O)c1ccccc1)C(=O)Nc1ccc(C(=O)OC)cc1. The number of amides is 2. The number of ether oxygens (including phenoxy) is 1. The monoisotopic (exact) mass is 368 g/mol. The fraction of sp³-hybridized carbons (Fsp3) is 0.286. The van der Waals surface area contributed by atoms with E-state index in [0.717, 1.165) is 6.42 Å². The third kappa shape index (κ3) is 5.41. The van der Waals surface area contributed by atoms with Crippen molar-refractivity contribution in [3.05, 3.63) is 65.7 Å². The van der Waals surface area contributed by atoms with E-state index in [4.69, 9.17) is 0 Å². The van der Waals surface area contributed by atoms with Gasteiger partial charge in [-0.2, -0.15) is 0 Å². The average molecular weight is 368 g/mol. The summed E-state index contributed by atoms with van der Waals surface area (Å²) < 4.78 is 4.65. The molecule has 2 aromatic rings. The largest absolute Gasteiger partial charge is 0.465 e. The second kappa shape index (κ2) is 9.52. The van der Waals surface area contributed by atoms with E-state index in [2.05, 4.69) is 15.4 Å². The fourth-order valence-corrected chi connectivity index (χ4v) is 2.54. The maximum atomic E-state index is 12.7. The number of carbonyl (C=O) groups excluding carboxylic acids is 3. The number of hydrogen-bond acceptors (Lipinski definition) is 4. The van der Waals surface area contributed by atoms with Gasteiger partial charge in [0.15, 0.2) is 0 Å². The van der Waals surface area contributed by atoms with Crippen LogP contribution in [-0.2, 0) is 9.53 Å².